The predicted molar refractivity (Wildman–Crippen MR) is 163 cm³/mol. The molecule has 0 aromatic carbocycles. The first-order valence-corrected chi connectivity index (χ1v) is 18.1. The van der Waals surface area contributed by atoms with Crippen LogP contribution in [0.25, 0.3) is 0 Å². The average molecular weight is 591 g/mol. The van der Waals surface area contributed by atoms with Crippen LogP contribution in [0.5, 0.6) is 0 Å². The molecule has 4 atom stereocenters. The van der Waals surface area contributed by atoms with E-state index in [1.165, 1.54) is 69.1 Å². The van der Waals surface area contributed by atoms with Crippen LogP contribution in [-0.2, 0) is 19.2 Å². The maximum atomic E-state index is 13.6. The Morgan fingerprint density at radius 3 is 1.80 bits per heavy atom. The second kappa shape index (κ2) is 12.7. The third-order valence-electron chi connectivity index (χ3n) is 10.1. The van der Waals surface area contributed by atoms with E-state index in [1.54, 1.807) is 4.90 Å². The van der Waals surface area contributed by atoms with Crippen molar-refractivity contribution in [3.8, 4) is 0 Å². The van der Waals surface area contributed by atoms with Crippen molar-refractivity contribution in [1.82, 2.24) is 9.80 Å². The lowest BCUT2D eigenvalue weighted by Crippen LogP contribution is -2.53. The van der Waals surface area contributed by atoms with Crippen LogP contribution in [0.15, 0.2) is 0 Å². The van der Waals surface area contributed by atoms with Crippen molar-refractivity contribution in [2.45, 2.75) is 134 Å². The maximum absolute atomic E-state index is 13.6. The SMILES string of the molecule is CC1(C)CC(N2C(=O)CC(CSC3CCCCC3)C2=O)CC(C)(CN2C(=O)CC(CSC3CCCCC3)C2=O)C1. The van der Waals surface area contributed by atoms with Crippen LogP contribution in [-0.4, -0.2) is 68.0 Å². The predicted octanol–water partition coefficient (Wildman–Crippen LogP) is 6.45. The Hall–Kier alpha value is -1.02. The van der Waals surface area contributed by atoms with Crippen molar-refractivity contribution in [2.24, 2.45) is 22.7 Å². The van der Waals surface area contributed by atoms with Crippen molar-refractivity contribution in [2.75, 3.05) is 18.1 Å². The minimum absolute atomic E-state index is 0.00601. The van der Waals surface area contributed by atoms with Gasteiger partial charge in [-0.15, -0.1) is 0 Å². The molecule has 2 saturated heterocycles. The molecule has 40 heavy (non-hydrogen) atoms. The highest BCUT2D eigenvalue weighted by molar-refractivity contribution is 8.00. The van der Waals surface area contributed by atoms with E-state index < -0.39 is 0 Å². The van der Waals surface area contributed by atoms with Gasteiger partial charge in [-0.3, -0.25) is 29.0 Å². The summed E-state index contributed by atoms with van der Waals surface area (Å²) in [7, 11) is 0. The first-order chi connectivity index (χ1) is 19.0. The maximum Gasteiger partial charge on any atom is 0.233 e. The Morgan fingerprint density at radius 2 is 1.23 bits per heavy atom. The summed E-state index contributed by atoms with van der Waals surface area (Å²) in [6, 6.07) is -0.163. The molecule has 0 bridgehead atoms. The summed E-state index contributed by atoms with van der Waals surface area (Å²) in [5.74, 6) is 0.989. The van der Waals surface area contributed by atoms with Gasteiger partial charge in [0.2, 0.25) is 23.6 Å². The van der Waals surface area contributed by atoms with Gasteiger partial charge in [0.05, 0.1) is 11.8 Å². The normalized spacial score (nSPS) is 34.3. The molecule has 0 radical (unpaired) electrons. The van der Waals surface area contributed by atoms with Gasteiger partial charge in [-0.1, -0.05) is 59.3 Å². The second-order valence-corrected chi connectivity index (χ2v) is 17.3. The molecule has 3 saturated carbocycles. The molecule has 0 N–H and O–H groups in total. The van der Waals surface area contributed by atoms with Crippen LogP contribution < -0.4 is 0 Å². The molecule has 4 unspecified atom stereocenters. The van der Waals surface area contributed by atoms with E-state index in [4.69, 9.17) is 0 Å². The zero-order valence-electron chi connectivity index (χ0n) is 25.0. The van der Waals surface area contributed by atoms with Crippen LogP contribution in [0.2, 0.25) is 0 Å². The zero-order valence-corrected chi connectivity index (χ0v) is 26.6. The van der Waals surface area contributed by atoms with E-state index in [0.717, 1.165) is 24.3 Å². The first kappa shape index (κ1) is 30.4. The summed E-state index contributed by atoms with van der Waals surface area (Å²) < 4.78 is 0. The molecule has 0 aromatic heterocycles. The first-order valence-electron chi connectivity index (χ1n) is 16.0. The minimum Gasteiger partial charge on any atom is -0.282 e. The van der Waals surface area contributed by atoms with E-state index in [1.807, 2.05) is 23.5 Å². The number of nitrogens with zero attached hydrogens (tertiary/aromatic N) is 2. The molecule has 5 aliphatic rings. The molecular formula is C32H50N2O4S2. The van der Waals surface area contributed by atoms with E-state index in [-0.39, 0.29) is 52.3 Å². The van der Waals surface area contributed by atoms with Crippen molar-refractivity contribution < 1.29 is 19.2 Å². The quantitative estimate of drug-likeness (QED) is 0.287. The molecule has 0 aromatic rings. The zero-order chi connectivity index (χ0) is 28.5. The molecule has 3 aliphatic carbocycles. The van der Waals surface area contributed by atoms with E-state index in [0.29, 0.717) is 36.3 Å². The summed E-state index contributed by atoms with van der Waals surface area (Å²) in [6.45, 7) is 6.96. The van der Waals surface area contributed by atoms with Crippen LogP contribution >= 0.6 is 23.5 Å². The van der Waals surface area contributed by atoms with Gasteiger partial charge in [0.1, 0.15) is 0 Å². The van der Waals surface area contributed by atoms with Crippen LogP contribution in [0.1, 0.15) is 117 Å². The van der Waals surface area contributed by atoms with Crippen molar-refractivity contribution in [3.05, 3.63) is 0 Å². The summed E-state index contributed by atoms with van der Waals surface area (Å²) in [5.41, 5.74) is -0.409. The molecule has 5 rings (SSSR count). The molecule has 2 aliphatic heterocycles. The van der Waals surface area contributed by atoms with Gasteiger partial charge in [-0.2, -0.15) is 23.5 Å². The number of imide groups is 2. The highest BCUT2D eigenvalue weighted by atomic mass is 32.2. The van der Waals surface area contributed by atoms with Crippen molar-refractivity contribution in [3.63, 3.8) is 0 Å². The summed E-state index contributed by atoms with van der Waals surface area (Å²) in [4.78, 5) is 56.4. The van der Waals surface area contributed by atoms with Crippen LogP contribution in [0.3, 0.4) is 0 Å². The number of amides is 4. The molecule has 8 heteroatoms. The number of hydrogen-bond donors (Lipinski definition) is 0. The number of thioether (sulfide) groups is 2. The highest BCUT2D eigenvalue weighted by Gasteiger charge is 2.51. The smallest absolute Gasteiger partial charge is 0.233 e. The Labute approximate surface area is 249 Å². The van der Waals surface area contributed by atoms with Gasteiger partial charge < -0.3 is 0 Å². The monoisotopic (exact) mass is 590 g/mol. The summed E-state index contributed by atoms with van der Waals surface area (Å²) in [6.07, 6.45) is 15.6. The number of carbonyl (C=O) groups is 4. The van der Waals surface area contributed by atoms with Gasteiger partial charge in [-0.25, -0.2) is 0 Å². The van der Waals surface area contributed by atoms with Crippen LogP contribution in [0.4, 0.5) is 0 Å². The number of likely N-dealkylation sites (tertiary alicyclic amines) is 2. The molecular weight excluding hydrogens is 540 g/mol. The molecule has 6 nitrogen and oxygen atoms in total. The lowest BCUT2D eigenvalue weighted by Gasteiger charge is -2.49. The standard InChI is InChI=1S/C32H50N2O4S2/c1-31(2)16-24(34-28(36)15-23(30(34)38)19-40-26-12-8-5-9-13-26)17-32(3,20-31)21-33-27(35)14-22(29(33)37)18-39-25-10-6-4-7-11-25/h22-26H,4-21H2,1-3H3. The van der Waals surface area contributed by atoms with E-state index in [9.17, 15) is 19.2 Å². The molecule has 4 amide bonds. The highest BCUT2D eigenvalue weighted by Crippen LogP contribution is 2.49. The van der Waals surface area contributed by atoms with Gasteiger partial charge in [0, 0.05) is 47.4 Å². The number of carbonyl (C=O) groups excluding carboxylic acids is 4. The number of hydrogen-bond acceptors (Lipinski definition) is 6. The fourth-order valence-electron chi connectivity index (χ4n) is 8.51. The molecule has 0 spiro atoms. The van der Waals surface area contributed by atoms with E-state index in [2.05, 4.69) is 20.8 Å². The minimum atomic E-state index is -0.321. The van der Waals surface area contributed by atoms with Gasteiger partial charge in [-0.05, 0) is 55.8 Å². The number of rotatable bonds is 9. The molecule has 2 heterocycles. The fourth-order valence-corrected chi connectivity index (χ4v) is 11.4. The fraction of sp³-hybridized carbons (Fsp3) is 0.875. The molecule has 5 fully saturated rings. The Kier molecular flexibility index (Phi) is 9.66. The largest absolute Gasteiger partial charge is 0.282 e. The lowest BCUT2D eigenvalue weighted by molar-refractivity contribution is -0.149. The Balaban J connectivity index is 1.20. The summed E-state index contributed by atoms with van der Waals surface area (Å²) in [5, 5.41) is 1.26. The molecule has 224 valence electrons. The van der Waals surface area contributed by atoms with Crippen molar-refractivity contribution >= 4 is 47.2 Å². The average Bonchev–Trinajstić information content (AvgIpc) is 3.34. The Bertz CT molecular complexity index is 974. The van der Waals surface area contributed by atoms with Crippen LogP contribution in [0, 0.1) is 22.7 Å². The van der Waals surface area contributed by atoms with Gasteiger partial charge in [0.25, 0.3) is 0 Å². The van der Waals surface area contributed by atoms with Gasteiger partial charge in [0.15, 0.2) is 0 Å². The Morgan fingerprint density at radius 1 is 0.700 bits per heavy atom. The second-order valence-electron chi connectivity index (χ2n) is 14.6. The lowest BCUT2D eigenvalue weighted by atomic mass is 9.62. The summed E-state index contributed by atoms with van der Waals surface area (Å²) >= 11 is 3.80. The third-order valence-corrected chi connectivity index (χ3v) is 13.2. The topological polar surface area (TPSA) is 74.8 Å². The third kappa shape index (κ3) is 7.12. The van der Waals surface area contributed by atoms with Gasteiger partial charge >= 0.3 is 0 Å². The van der Waals surface area contributed by atoms with Crippen molar-refractivity contribution in [1.29, 1.82) is 0 Å². The van der Waals surface area contributed by atoms with E-state index >= 15 is 0 Å².